The van der Waals surface area contributed by atoms with Crippen LogP contribution in [0.25, 0.3) is 11.1 Å². The zero-order valence-electron chi connectivity index (χ0n) is 19.5. The number of rotatable bonds is 5. The van der Waals surface area contributed by atoms with E-state index in [1.807, 2.05) is 0 Å². The molecule has 1 aliphatic heterocycles. The lowest BCUT2D eigenvalue weighted by Gasteiger charge is -2.43. The van der Waals surface area contributed by atoms with Crippen LogP contribution in [0, 0.1) is 12.3 Å². The van der Waals surface area contributed by atoms with Gasteiger partial charge in [0.05, 0.1) is 11.6 Å². The van der Waals surface area contributed by atoms with E-state index in [1.54, 1.807) is 30.1 Å². The van der Waals surface area contributed by atoms with Crippen molar-refractivity contribution in [2.45, 2.75) is 26.2 Å². The minimum Gasteiger partial charge on any atom is -0.348 e. The van der Waals surface area contributed by atoms with Gasteiger partial charge in [0.15, 0.2) is 0 Å². The van der Waals surface area contributed by atoms with E-state index in [4.69, 9.17) is 0 Å². The molecule has 0 bridgehead atoms. The lowest BCUT2D eigenvalue weighted by atomic mass is 9.73. The molecular formula is C27H30N4O2. The van der Waals surface area contributed by atoms with Crippen molar-refractivity contribution in [3.8, 4) is 11.1 Å². The van der Waals surface area contributed by atoms with E-state index in [0.717, 1.165) is 24.0 Å². The standard InChI is InChI=1S/C27H30N4O2/c1-20-5-9-22(10-6-20)23-11-7-21(8-12-23)17-27(26(33)30(2)3)13-4-16-31(19-27)25(32)24-18-28-14-15-29-24/h5-12,14-15,18H,4,13,16-17,19H2,1-3H3/t27-/m0/s1. The summed E-state index contributed by atoms with van der Waals surface area (Å²) >= 11 is 0. The van der Waals surface area contributed by atoms with Crippen LogP contribution in [0.15, 0.2) is 67.1 Å². The van der Waals surface area contributed by atoms with Gasteiger partial charge in [-0.15, -0.1) is 0 Å². The first-order valence-electron chi connectivity index (χ1n) is 11.3. The number of benzene rings is 2. The van der Waals surface area contributed by atoms with Crippen LogP contribution < -0.4 is 0 Å². The predicted octanol–water partition coefficient (Wildman–Crippen LogP) is 4.01. The summed E-state index contributed by atoms with van der Waals surface area (Å²) in [4.78, 5) is 38.1. The Morgan fingerprint density at radius 3 is 2.27 bits per heavy atom. The molecule has 0 spiro atoms. The van der Waals surface area contributed by atoms with E-state index in [-0.39, 0.29) is 11.8 Å². The van der Waals surface area contributed by atoms with Gasteiger partial charge in [-0.25, -0.2) is 4.98 Å². The molecule has 1 aliphatic rings. The molecule has 2 aromatic carbocycles. The highest BCUT2D eigenvalue weighted by atomic mass is 16.2. The van der Waals surface area contributed by atoms with Crippen molar-refractivity contribution in [3.63, 3.8) is 0 Å². The fourth-order valence-corrected chi connectivity index (χ4v) is 4.70. The maximum absolute atomic E-state index is 13.4. The van der Waals surface area contributed by atoms with Gasteiger partial charge < -0.3 is 9.80 Å². The molecule has 6 heteroatoms. The normalized spacial score (nSPS) is 18.1. The van der Waals surface area contributed by atoms with Crippen LogP contribution in [0.1, 0.15) is 34.5 Å². The molecule has 2 amide bonds. The number of hydrogen-bond donors (Lipinski definition) is 0. The van der Waals surface area contributed by atoms with E-state index in [1.165, 1.54) is 23.5 Å². The average molecular weight is 443 g/mol. The SMILES string of the molecule is Cc1ccc(-c2ccc(C[C@@]3(C(=O)N(C)C)CCCN(C(=O)c4cnccn4)C3)cc2)cc1. The zero-order chi connectivity index (χ0) is 23.4. The molecule has 1 aromatic heterocycles. The minimum absolute atomic E-state index is 0.0572. The molecule has 0 radical (unpaired) electrons. The maximum atomic E-state index is 13.4. The Hall–Kier alpha value is -3.54. The molecule has 33 heavy (non-hydrogen) atoms. The monoisotopic (exact) mass is 442 g/mol. The summed E-state index contributed by atoms with van der Waals surface area (Å²) in [7, 11) is 3.57. The van der Waals surface area contributed by atoms with Gasteiger partial charge in [-0.2, -0.15) is 0 Å². The Morgan fingerprint density at radius 2 is 1.67 bits per heavy atom. The predicted molar refractivity (Wildman–Crippen MR) is 129 cm³/mol. The van der Waals surface area contributed by atoms with Gasteiger partial charge in [0, 0.05) is 39.6 Å². The Bertz CT molecular complexity index is 1110. The molecule has 1 saturated heterocycles. The van der Waals surface area contributed by atoms with Crippen molar-refractivity contribution in [1.29, 1.82) is 0 Å². The third kappa shape index (κ3) is 4.95. The summed E-state index contributed by atoms with van der Waals surface area (Å²) in [6, 6.07) is 16.9. The smallest absolute Gasteiger partial charge is 0.274 e. The van der Waals surface area contributed by atoms with Crippen molar-refractivity contribution >= 4 is 11.8 Å². The number of piperidine rings is 1. The van der Waals surface area contributed by atoms with E-state index >= 15 is 0 Å². The maximum Gasteiger partial charge on any atom is 0.274 e. The highest BCUT2D eigenvalue weighted by Crippen LogP contribution is 2.36. The van der Waals surface area contributed by atoms with E-state index in [0.29, 0.717) is 25.2 Å². The average Bonchev–Trinajstić information content (AvgIpc) is 2.85. The van der Waals surface area contributed by atoms with Crippen molar-refractivity contribution < 1.29 is 9.59 Å². The Morgan fingerprint density at radius 1 is 1.00 bits per heavy atom. The molecule has 0 unspecified atom stereocenters. The Balaban J connectivity index is 1.58. The second kappa shape index (κ2) is 9.53. The number of carbonyl (C=O) groups excluding carboxylic acids is 2. The second-order valence-electron chi connectivity index (χ2n) is 9.14. The third-order valence-electron chi connectivity index (χ3n) is 6.39. The molecule has 6 nitrogen and oxygen atoms in total. The molecule has 3 aromatic rings. The molecule has 2 heterocycles. The van der Waals surface area contributed by atoms with Crippen LogP contribution in [-0.4, -0.2) is 58.8 Å². The summed E-state index contributed by atoms with van der Waals surface area (Å²) in [5.41, 5.74) is 4.30. The van der Waals surface area contributed by atoms with Gasteiger partial charge in [-0.05, 0) is 42.9 Å². The number of likely N-dealkylation sites (tertiary alicyclic amines) is 1. The van der Waals surface area contributed by atoms with Crippen molar-refractivity contribution in [2.75, 3.05) is 27.2 Å². The van der Waals surface area contributed by atoms with Crippen LogP contribution in [0.2, 0.25) is 0 Å². The number of carbonyl (C=O) groups is 2. The van der Waals surface area contributed by atoms with Crippen LogP contribution in [0.4, 0.5) is 0 Å². The number of amides is 2. The van der Waals surface area contributed by atoms with Gasteiger partial charge in [0.25, 0.3) is 5.91 Å². The fraction of sp³-hybridized carbons (Fsp3) is 0.333. The second-order valence-corrected chi connectivity index (χ2v) is 9.14. The van der Waals surface area contributed by atoms with Gasteiger partial charge in [0.1, 0.15) is 5.69 Å². The van der Waals surface area contributed by atoms with Crippen LogP contribution in [-0.2, 0) is 11.2 Å². The quantitative estimate of drug-likeness (QED) is 0.599. The summed E-state index contributed by atoms with van der Waals surface area (Å²) in [6.07, 6.45) is 6.65. The van der Waals surface area contributed by atoms with Gasteiger partial charge in [-0.3, -0.25) is 14.6 Å². The summed E-state index contributed by atoms with van der Waals surface area (Å²) in [6.45, 7) is 3.07. The largest absolute Gasteiger partial charge is 0.348 e. The van der Waals surface area contributed by atoms with Gasteiger partial charge >= 0.3 is 0 Å². The first-order chi connectivity index (χ1) is 15.9. The highest BCUT2D eigenvalue weighted by molar-refractivity contribution is 5.93. The Kier molecular flexibility index (Phi) is 6.54. The summed E-state index contributed by atoms with van der Waals surface area (Å²) < 4.78 is 0. The van der Waals surface area contributed by atoms with Crippen molar-refractivity contribution in [1.82, 2.24) is 19.8 Å². The van der Waals surface area contributed by atoms with E-state index in [2.05, 4.69) is 65.4 Å². The third-order valence-corrected chi connectivity index (χ3v) is 6.39. The Labute approximate surface area is 195 Å². The topological polar surface area (TPSA) is 66.4 Å². The number of nitrogens with zero attached hydrogens (tertiary/aromatic N) is 4. The first kappa shape index (κ1) is 22.6. The van der Waals surface area contributed by atoms with Gasteiger partial charge in [-0.1, -0.05) is 54.1 Å². The molecule has 0 N–H and O–H groups in total. The lowest BCUT2D eigenvalue weighted by Crippen LogP contribution is -2.54. The van der Waals surface area contributed by atoms with E-state index in [9.17, 15) is 9.59 Å². The molecule has 1 atom stereocenters. The van der Waals surface area contributed by atoms with Gasteiger partial charge in [0.2, 0.25) is 5.91 Å². The first-order valence-corrected chi connectivity index (χ1v) is 11.3. The van der Waals surface area contributed by atoms with Crippen LogP contribution in [0.3, 0.4) is 0 Å². The molecule has 170 valence electrons. The van der Waals surface area contributed by atoms with E-state index < -0.39 is 5.41 Å². The minimum atomic E-state index is -0.662. The molecular weight excluding hydrogens is 412 g/mol. The fourth-order valence-electron chi connectivity index (χ4n) is 4.70. The molecule has 1 fully saturated rings. The van der Waals surface area contributed by atoms with Crippen molar-refractivity contribution in [3.05, 3.63) is 83.9 Å². The number of hydrogen-bond acceptors (Lipinski definition) is 4. The molecule has 0 aliphatic carbocycles. The van der Waals surface area contributed by atoms with Crippen LogP contribution >= 0.6 is 0 Å². The van der Waals surface area contributed by atoms with Crippen molar-refractivity contribution in [2.24, 2.45) is 5.41 Å². The number of aryl methyl sites for hydroxylation is 1. The summed E-state index contributed by atoms with van der Waals surface area (Å²) in [5, 5.41) is 0. The van der Waals surface area contributed by atoms with Crippen LogP contribution in [0.5, 0.6) is 0 Å². The highest BCUT2D eigenvalue weighted by Gasteiger charge is 2.44. The zero-order valence-corrected chi connectivity index (χ0v) is 19.5. The molecule has 4 rings (SSSR count). The number of aromatic nitrogens is 2. The molecule has 0 saturated carbocycles. The summed E-state index contributed by atoms with van der Waals surface area (Å²) in [5.74, 6) is -0.116. The lowest BCUT2D eigenvalue weighted by molar-refractivity contribution is -0.142.